The Kier molecular flexibility index (Phi) is 2.83. The van der Waals surface area contributed by atoms with Gasteiger partial charge in [0.1, 0.15) is 0 Å². The molecule has 2 N–H and O–H groups in total. The Balaban J connectivity index is 2.77. The summed E-state index contributed by atoms with van der Waals surface area (Å²) in [6, 6.07) is 1.35. The summed E-state index contributed by atoms with van der Waals surface area (Å²) in [6.07, 6.45) is 1.67. The van der Waals surface area contributed by atoms with Crippen LogP contribution in [-0.4, -0.2) is 22.2 Å². The molecule has 0 radical (unpaired) electrons. The molecule has 4 nitrogen and oxygen atoms in total. The summed E-state index contributed by atoms with van der Waals surface area (Å²) in [5, 5.41) is 18.5. The van der Waals surface area contributed by atoms with Crippen molar-refractivity contribution in [2.24, 2.45) is 0 Å². The fraction of sp³-hybridized carbons (Fsp3) is 0.333. The highest BCUT2D eigenvalue weighted by Gasteiger charge is 2.34. The van der Waals surface area contributed by atoms with Gasteiger partial charge in [-0.25, -0.2) is 9.59 Å². The van der Waals surface area contributed by atoms with Crippen LogP contribution in [0.1, 0.15) is 50.6 Å². The second kappa shape index (κ2) is 4.04. The first-order valence-electron chi connectivity index (χ1n) is 5.23. The summed E-state index contributed by atoms with van der Waals surface area (Å²) in [5.74, 6) is -2.20. The van der Waals surface area contributed by atoms with Crippen molar-refractivity contribution in [3.63, 3.8) is 0 Å². The maximum Gasteiger partial charge on any atom is 0.336 e. The topological polar surface area (TPSA) is 74.6 Å². The summed E-state index contributed by atoms with van der Waals surface area (Å²) in [4.78, 5) is 22.4. The van der Waals surface area contributed by atoms with Crippen molar-refractivity contribution in [2.45, 2.75) is 25.7 Å². The summed E-state index contributed by atoms with van der Waals surface area (Å²) >= 11 is 5.88. The van der Waals surface area contributed by atoms with Crippen LogP contribution in [0.3, 0.4) is 0 Å². The molecule has 1 aromatic carbocycles. The van der Waals surface area contributed by atoms with E-state index < -0.39 is 11.9 Å². The van der Waals surface area contributed by atoms with Crippen molar-refractivity contribution in [1.29, 1.82) is 0 Å². The largest absolute Gasteiger partial charge is 0.478 e. The van der Waals surface area contributed by atoms with Crippen molar-refractivity contribution in [3.8, 4) is 0 Å². The highest BCUT2D eigenvalue weighted by molar-refractivity contribution is 6.32. The second-order valence-corrected chi connectivity index (χ2v) is 4.61. The van der Waals surface area contributed by atoms with Gasteiger partial charge in [-0.1, -0.05) is 11.6 Å². The van der Waals surface area contributed by atoms with Gasteiger partial charge in [0, 0.05) is 5.02 Å². The molecular formula is C12H11ClO4. The van der Waals surface area contributed by atoms with E-state index >= 15 is 0 Å². The fourth-order valence-electron chi connectivity index (χ4n) is 2.02. The smallest absolute Gasteiger partial charge is 0.336 e. The minimum Gasteiger partial charge on any atom is -0.478 e. The lowest BCUT2D eigenvalue weighted by Gasteiger charge is -2.13. The van der Waals surface area contributed by atoms with Gasteiger partial charge in [-0.05, 0) is 42.9 Å². The minimum absolute atomic E-state index is 0.0144. The Morgan fingerprint density at radius 1 is 1.29 bits per heavy atom. The first-order valence-corrected chi connectivity index (χ1v) is 5.60. The van der Waals surface area contributed by atoms with Gasteiger partial charge in [0.15, 0.2) is 0 Å². The summed E-state index contributed by atoms with van der Waals surface area (Å²) in [5.41, 5.74) is 0.927. The Morgan fingerprint density at radius 3 is 2.29 bits per heavy atom. The summed E-state index contributed by atoms with van der Waals surface area (Å²) in [7, 11) is 0. The van der Waals surface area contributed by atoms with E-state index in [9.17, 15) is 14.7 Å². The number of benzene rings is 1. The van der Waals surface area contributed by atoms with E-state index in [1.165, 1.54) is 6.07 Å². The zero-order chi connectivity index (χ0) is 12.7. The number of halogens is 1. The van der Waals surface area contributed by atoms with Gasteiger partial charge < -0.3 is 10.2 Å². The molecule has 90 valence electrons. The Morgan fingerprint density at radius 2 is 1.88 bits per heavy atom. The van der Waals surface area contributed by atoms with Crippen molar-refractivity contribution < 1.29 is 19.8 Å². The molecule has 1 fully saturated rings. The third kappa shape index (κ3) is 2.00. The molecule has 2 rings (SSSR count). The molecule has 0 atom stereocenters. The zero-order valence-electron chi connectivity index (χ0n) is 9.16. The molecule has 0 aromatic heterocycles. The first-order chi connectivity index (χ1) is 7.93. The van der Waals surface area contributed by atoms with Gasteiger partial charge in [-0.2, -0.15) is 0 Å². The zero-order valence-corrected chi connectivity index (χ0v) is 9.91. The molecular weight excluding hydrogens is 244 g/mol. The molecule has 1 aliphatic rings. The second-order valence-electron chi connectivity index (χ2n) is 4.20. The van der Waals surface area contributed by atoms with E-state index in [0.717, 1.165) is 12.8 Å². The van der Waals surface area contributed by atoms with Crippen molar-refractivity contribution >= 4 is 23.5 Å². The number of carbonyl (C=O) groups is 2. The normalized spacial score (nSPS) is 14.7. The first kappa shape index (κ1) is 11.9. The average Bonchev–Trinajstić information content (AvgIpc) is 3.03. The van der Waals surface area contributed by atoms with Crippen LogP contribution in [0.5, 0.6) is 0 Å². The van der Waals surface area contributed by atoms with Crippen LogP contribution in [0.25, 0.3) is 0 Å². The lowest BCUT2D eigenvalue weighted by atomic mass is 9.93. The Hall–Kier alpha value is -1.55. The van der Waals surface area contributed by atoms with Crippen LogP contribution >= 0.6 is 11.6 Å². The van der Waals surface area contributed by atoms with Gasteiger partial charge in [-0.3, -0.25) is 0 Å². The monoisotopic (exact) mass is 254 g/mol. The fourth-order valence-corrected chi connectivity index (χ4v) is 2.22. The number of carboxylic acids is 2. The third-order valence-corrected chi connectivity index (χ3v) is 3.39. The number of rotatable bonds is 3. The van der Waals surface area contributed by atoms with Crippen molar-refractivity contribution in [3.05, 3.63) is 33.3 Å². The molecule has 5 heteroatoms. The molecule has 1 aliphatic carbocycles. The highest BCUT2D eigenvalue weighted by Crippen LogP contribution is 2.45. The lowest BCUT2D eigenvalue weighted by Crippen LogP contribution is -2.11. The molecule has 0 saturated heterocycles. The van der Waals surface area contributed by atoms with Crippen LogP contribution in [0.2, 0.25) is 5.02 Å². The van der Waals surface area contributed by atoms with Crippen LogP contribution in [0, 0.1) is 6.92 Å². The Bertz CT molecular complexity index is 518. The van der Waals surface area contributed by atoms with Crippen LogP contribution in [-0.2, 0) is 0 Å². The summed E-state index contributed by atoms with van der Waals surface area (Å²) < 4.78 is 0. The van der Waals surface area contributed by atoms with Gasteiger partial charge in [-0.15, -0.1) is 0 Å². The number of aromatic carboxylic acids is 2. The van der Waals surface area contributed by atoms with Crippen molar-refractivity contribution in [2.75, 3.05) is 0 Å². The van der Waals surface area contributed by atoms with Gasteiger partial charge in [0.25, 0.3) is 0 Å². The molecule has 0 heterocycles. The lowest BCUT2D eigenvalue weighted by molar-refractivity contribution is 0.0694. The maximum absolute atomic E-state index is 11.3. The van der Waals surface area contributed by atoms with Crippen molar-refractivity contribution in [1.82, 2.24) is 0 Å². The van der Waals surface area contributed by atoms with E-state index in [1.807, 2.05) is 0 Å². The van der Waals surface area contributed by atoms with Gasteiger partial charge in [0.2, 0.25) is 0 Å². The minimum atomic E-state index is -1.13. The van der Waals surface area contributed by atoms with Gasteiger partial charge in [0.05, 0.1) is 11.1 Å². The molecule has 0 spiro atoms. The van der Waals surface area contributed by atoms with Crippen LogP contribution in [0.15, 0.2) is 6.07 Å². The van der Waals surface area contributed by atoms with E-state index in [1.54, 1.807) is 6.92 Å². The van der Waals surface area contributed by atoms with E-state index in [-0.39, 0.29) is 22.1 Å². The third-order valence-electron chi connectivity index (χ3n) is 2.99. The van der Waals surface area contributed by atoms with Crippen LogP contribution in [0.4, 0.5) is 0 Å². The van der Waals surface area contributed by atoms with Gasteiger partial charge >= 0.3 is 11.9 Å². The molecule has 1 aromatic rings. The molecule has 0 amide bonds. The predicted molar refractivity (Wildman–Crippen MR) is 62.1 cm³/mol. The number of hydrogen-bond donors (Lipinski definition) is 2. The molecule has 0 bridgehead atoms. The Labute approximate surface area is 103 Å². The maximum atomic E-state index is 11.3. The number of carboxylic acid groups (broad SMARTS) is 2. The SMILES string of the molecule is Cc1c(Cl)cc(C(=O)O)c(C2CC2)c1C(=O)O. The summed E-state index contributed by atoms with van der Waals surface area (Å²) in [6.45, 7) is 1.60. The molecule has 1 saturated carbocycles. The molecule has 0 unspecified atom stereocenters. The number of hydrogen-bond acceptors (Lipinski definition) is 2. The van der Waals surface area contributed by atoms with E-state index in [4.69, 9.17) is 16.7 Å². The highest BCUT2D eigenvalue weighted by atomic mass is 35.5. The predicted octanol–water partition coefficient (Wildman–Crippen LogP) is 2.92. The standard InChI is InChI=1S/C12H11ClO4/c1-5-8(13)4-7(11(14)15)10(6-2-3-6)9(5)12(16)17/h4,6H,2-3H2,1H3,(H,14,15)(H,16,17). The van der Waals surface area contributed by atoms with Crippen LogP contribution < -0.4 is 0 Å². The molecule has 17 heavy (non-hydrogen) atoms. The molecule has 0 aliphatic heterocycles. The quantitative estimate of drug-likeness (QED) is 0.870. The average molecular weight is 255 g/mol. The van der Waals surface area contributed by atoms with E-state index in [0.29, 0.717) is 11.1 Å². The van der Waals surface area contributed by atoms with E-state index in [2.05, 4.69) is 0 Å².